The number of H-pyrrole nitrogens is 1. The maximum atomic E-state index is 10.6. The molecule has 2 heterocycles. The van der Waals surface area contributed by atoms with E-state index in [1.54, 1.807) is 0 Å². The summed E-state index contributed by atoms with van der Waals surface area (Å²) >= 11 is 0. The molecule has 154 valence electrons. The van der Waals surface area contributed by atoms with Gasteiger partial charge in [0.05, 0.1) is 5.69 Å². The number of carbonyl (C=O) groups is 1. The van der Waals surface area contributed by atoms with Gasteiger partial charge in [-0.05, 0) is 24.9 Å². The van der Waals surface area contributed by atoms with Crippen molar-refractivity contribution in [1.29, 1.82) is 0 Å². The Morgan fingerprint density at radius 3 is 2.59 bits per heavy atom. The number of alkyl halides is 3. The van der Waals surface area contributed by atoms with Crippen LogP contribution in [0.4, 0.5) is 13.2 Å². The molecule has 1 aromatic heterocycles. The highest BCUT2D eigenvalue weighted by molar-refractivity contribution is 5.73. The number of aromatic nitrogens is 2. The summed E-state index contributed by atoms with van der Waals surface area (Å²) in [4.78, 5) is 8.90. The first kappa shape index (κ1) is 22.9. The van der Waals surface area contributed by atoms with Gasteiger partial charge in [-0.2, -0.15) is 18.3 Å². The van der Waals surface area contributed by atoms with Gasteiger partial charge in [0.25, 0.3) is 0 Å². The molecule has 1 unspecified atom stereocenters. The lowest BCUT2D eigenvalue weighted by atomic mass is 10.0. The number of aliphatic carboxylic acids is 1. The Labute approximate surface area is 156 Å². The first-order valence-electron chi connectivity index (χ1n) is 8.49. The number of hydrogen-bond donors (Lipinski definition) is 5. The molecule has 0 aromatic carbocycles. The predicted molar refractivity (Wildman–Crippen MR) is 95.4 cm³/mol. The molecule has 0 bridgehead atoms. The molecule has 0 fully saturated rings. The molecule has 11 heteroatoms. The highest BCUT2D eigenvalue weighted by Gasteiger charge is 2.38. The number of nitrogens with two attached hydrogens (primary N) is 1. The first-order valence-corrected chi connectivity index (χ1v) is 8.49. The van der Waals surface area contributed by atoms with Gasteiger partial charge < -0.3 is 21.6 Å². The zero-order valence-corrected chi connectivity index (χ0v) is 15.6. The maximum absolute atomic E-state index is 10.6. The maximum Gasteiger partial charge on any atom is 0.490 e. The van der Waals surface area contributed by atoms with Crippen LogP contribution < -0.4 is 16.5 Å². The van der Waals surface area contributed by atoms with E-state index in [-0.39, 0.29) is 6.04 Å². The Hall–Kier alpha value is -2.11. The molecule has 1 aromatic rings. The molecular weight excluding hydrogens is 365 g/mol. The number of nitrogens with one attached hydrogen (secondary N) is 3. The van der Waals surface area contributed by atoms with Crippen LogP contribution in [0.3, 0.4) is 0 Å². The standard InChI is InChI=1S/C14H26N6.C2HF3O2/c1-10(2)8-20-9-12(7-18-20)14-11(6-17-19-14)4-13(5-15)16-3;3-2(4,5)1(6)7/h6-7,10,13,16,18H,4-5,8-9,15H2,1-3H3,(H,17,19);(H,6,7). The topological polar surface area (TPSA) is 119 Å². The second kappa shape index (κ2) is 10.3. The van der Waals surface area contributed by atoms with Gasteiger partial charge in [0, 0.05) is 43.6 Å². The van der Waals surface area contributed by atoms with Crippen LogP contribution in [0.15, 0.2) is 12.4 Å². The van der Waals surface area contributed by atoms with Crippen molar-refractivity contribution < 1.29 is 23.1 Å². The number of carboxylic acid groups (broad SMARTS) is 1. The highest BCUT2D eigenvalue weighted by Crippen LogP contribution is 2.21. The molecule has 1 aliphatic rings. The Morgan fingerprint density at radius 1 is 1.48 bits per heavy atom. The van der Waals surface area contributed by atoms with Crippen molar-refractivity contribution in [1.82, 2.24) is 25.9 Å². The first-order chi connectivity index (χ1) is 12.6. The van der Waals surface area contributed by atoms with Crippen LogP contribution in [0.2, 0.25) is 0 Å². The van der Waals surface area contributed by atoms with E-state index in [1.165, 1.54) is 11.1 Å². The van der Waals surface area contributed by atoms with E-state index >= 15 is 0 Å². The molecular formula is C16H27F3N6O2. The number of nitrogens with zero attached hydrogens (tertiary/aromatic N) is 2. The minimum atomic E-state index is -5.08. The smallest absolute Gasteiger partial charge is 0.475 e. The van der Waals surface area contributed by atoms with Crippen LogP contribution in [-0.2, 0) is 11.2 Å². The monoisotopic (exact) mass is 392 g/mol. The van der Waals surface area contributed by atoms with Crippen LogP contribution in [0.1, 0.15) is 25.1 Å². The van der Waals surface area contributed by atoms with Gasteiger partial charge in [-0.25, -0.2) is 9.80 Å². The van der Waals surface area contributed by atoms with E-state index in [0.29, 0.717) is 12.5 Å². The minimum absolute atomic E-state index is 0.285. The number of rotatable bonds is 7. The SMILES string of the molecule is CNC(CN)Cc1c[nH]nc1C1=CNN(CC(C)C)C1.O=C(O)C(F)(F)F. The largest absolute Gasteiger partial charge is 0.490 e. The van der Waals surface area contributed by atoms with Crippen molar-refractivity contribution in [2.45, 2.75) is 32.5 Å². The number of hydrogen-bond acceptors (Lipinski definition) is 6. The van der Waals surface area contributed by atoms with E-state index in [9.17, 15) is 13.2 Å². The van der Waals surface area contributed by atoms with Crippen LogP contribution in [-0.4, -0.2) is 65.2 Å². The third kappa shape index (κ3) is 7.57. The zero-order valence-electron chi connectivity index (χ0n) is 15.6. The molecule has 8 nitrogen and oxygen atoms in total. The van der Waals surface area contributed by atoms with Crippen molar-refractivity contribution in [2.75, 3.05) is 26.7 Å². The molecule has 0 saturated heterocycles. The van der Waals surface area contributed by atoms with Crippen molar-refractivity contribution >= 4 is 11.5 Å². The van der Waals surface area contributed by atoms with E-state index in [4.69, 9.17) is 15.6 Å². The van der Waals surface area contributed by atoms with E-state index < -0.39 is 12.1 Å². The van der Waals surface area contributed by atoms with Crippen molar-refractivity contribution in [3.63, 3.8) is 0 Å². The summed E-state index contributed by atoms with van der Waals surface area (Å²) in [6, 6.07) is 0.285. The molecule has 0 spiro atoms. The van der Waals surface area contributed by atoms with Gasteiger partial charge in [0.15, 0.2) is 0 Å². The molecule has 1 atom stereocenters. The quantitative estimate of drug-likeness (QED) is 0.469. The van der Waals surface area contributed by atoms with Crippen molar-refractivity contribution in [2.24, 2.45) is 11.7 Å². The van der Waals surface area contributed by atoms with Crippen molar-refractivity contribution in [3.8, 4) is 0 Å². The van der Waals surface area contributed by atoms with Gasteiger partial charge in [-0.1, -0.05) is 13.8 Å². The number of likely N-dealkylation sites (N-methyl/N-ethyl adjacent to an activating group) is 1. The summed E-state index contributed by atoms with van der Waals surface area (Å²) in [5, 5.41) is 20.0. The van der Waals surface area contributed by atoms with Gasteiger partial charge in [-0.3, -0.25) is 5.10 Å². The molecule has 2 rings (SSSR count). The Kier molecular flexibility index (Phi) is 8.73. The van der Waals surface area contributed by atoms with Gasteiger partial charge in [0.1, 0.15) is 0 Å². The van der Waals surface area contributed by atoms with Crippen LogP contribution in [0, 0.1) is 5.92 Å². The third-order valence-electron chi connectivity index (χ3n) is 3.79. The summed E-state index contributed by atoms with van der Waals surface area (Å²) in [5.41, 5.74) is 12.6. The fourth-order valence-corrected chi connectivity index (χ4v) is 2.48. The van der Waals surface area contributed by atoms with Crippen molar-refractivity contribution in [3.05, 3.63) is 23.7 Å². The fourth-order valence-electron chi connectivity index (χ4n) is 2.48. The van der Waals surface area contributed by atoms with Crippen LogP contribution >= 0.6 is 0 Å². The second-order valence-electron chi connectivity index (χ2n) is 6.56. The lowest BCUT2D eigenvalue weighted by Crippen LogP contribution is -2.35. The number of aromatic amines is 1. The summed E-state index contributed by atoms with van der Waals surface area (Å²) < 4.78 is 31.7. The molecule has 27 heavy (non-hydrogen) atoms. The lowest BCUT2D eigenvalue weighted by Gasteiger charge is -2.18. The molecule has 6 N–H and O–H groups in total. The average molecular weight is 392 g/mol. The summed E-state index contributed by atoms with van der Waals surface area (Å²) in [6.07, 6.45) is -0.166. The number of hydrazine groups is 1. The van der Waals surface area contributed by atoms with Gasteiger partial charge in [-0.15, -0.1) is 0 Å². The Bertz CT molecular complexity index is 626. The highest BCUT2D eigenvalue weighted by atomic mass is 19.4. The van der Waals surface area contributed by atoms with E-state index in [2.05, 4.69) is 46.0 Å². The normalized spacial score (nSPS) is 15.8. The Morgan fingerprint density at radius 2 is 2.11 bits per heavy atom. The predicted octanol–water partition coefficient (Wildman–Crippen LogP) is 0.949. The van der Waals surface area contributed by atoms with E-state index in [1.807, 2.05) is 13.2 Å². The number of carboxylic acids is 1. The minimum Gasteiger partial charge on any atom is -0.475 e. The van der Waals surface area contributed by atoms with Gasteiger partial charge >= 0.3 is 12.1 Å². The molecule has 0 amide bonds. The lowest BCUT2D eigenvalue weighted by molar-refractivity contribution is -0.192. The van der Waals surface area contributed by atoms with Crippen LogP contribution in [0.25, 0.3) is 5.57 Å². The third-order valence-corrected chi connectivity index (χ3v) is 3.79. The summed E-state index contributed by atoms with van der Waals surface area (Å²) in [5.74, 6) is -2.12. The number of halogens is 3. The van der Waals surface area contributed by atoms with Crippen LogP contribution in [0.5, 0.6) is 0 Å². The molecule has 0 aliphatic carbocycles. The van der Waals surface area contributed by atoms with E-state index in [0.717, 1.165) is 25.2 Å². The zero-order chi connectivity index (χ0) is 20.6. The molecule has 0 saturated carbocycles. The average Bonchev–Trinajstić information content (AvgIpc) is 3.20. The molecule has 0 radical (unpaired) electrons. The fraction of sp³-hybridized carbons (Fsp3) is 0.625. The molecule has 1 aliphatic heterocycles. The summed E-state index contributed by atoms with van der Waals surface area (Å²) in [6.45, 7) is 6.99. The second-order valence-corrected chi connectivity index (χ2v) is 6.56. The van der Waals surface area contributed by atoms with Gasteiger partial charge in [0.2, 0.25) is 0 Å². The summed E-state index contributed by atoms with van der Waals surface area (Å²) in [7, 11) is 1.94. The Balaban J connectivity index is 0.000000445.